The van der Waals surface area contributed by atoms with E-state index in [2.05, 4.69) is 0 Å². The molecule has 2 unspecified atom stereocenters. The van der Waals surface area contributed by atoms with Gasteiger partial charge in [0, 0.05) is 32.7 Å². The third-order valence-corrected chi connectivity index (χ3v) is 5.03. The molecule has 2 atom stereocenters. The molecule has 0 radical (unpaired) electrons. The SMILES string of the molecule is CCN(CC)S(=O)(=O)N1CC(C)OC(CN)C1. The first-order valence-electron chi connectivity index (χ1n) is 6.06. The van der Waals surface area contributed by atoms with Crippen LogP contribution < -0.4 is 5.73 Å². The lowest BCUT2D eigenvalue weighted by atomic mass is 10.2. The minimum atomic E-state index is -3.37. The lowest BCUT2D eigenvalue weighted by Crippen LogP contribution is -2.55. The fourth-order valence-corrected chi connectivity index (χ4v) is 3.77. The van der Waals surface area contributed by atoms with Gasteiger partial charge in [0.2, 0.25) is 0 Å². The smallest absolute Gasteiger partial charge is 0.282 e. The van der Waals surface area contributed by atoms with E-state index in [0.717, 1.165) is 0 Å². The van der Waals surface area contributed by atoms with Crippen LogP contribution in [0.15, 0.2) is 0 Å². The van der Waals surface area contributed by atoms with Gasteiger partial charge in [-0.2, -0.15) is 17.0 Å². The van der Waals surface area contributed by atoms with E-state index >= 15 is 0 Å². The Morgan fingerprint density at radius 3 is 2.41 bits per heavy atom. The number of morpholine rings is 1. The second-order valence-electron chi connectivity index (χ2n) is 4.21. The predicted molar refractivity (Wildman–Crippen MR) is 66.8 cm³/mol. The number of hydrogen-bond acceptors (Lipinski definition) is 4. The van der Waals surface area contributed by atoms with Crippen molar-refractivity contribution in [1.29, 1.82) is 0 Å². The topological polar surface area (TPSA) is 75.9 Å². The summed E-state index contributed by atoms with van der Waals surface area (Å²) in [6, 6.07) is 0. The van der Waals surface area contributed by atoms with Gasteiger partial charge in [-0.25, -0.2) is 0 Å². The van der Waals surface area contributed by atoms with Crippen LogP contribution in [-0.4, -0.2) is 62.0 Å². The fourth-order valence-electron chi connectivity index (χ4n) is 2.03. The van der Waals surface area contributed by atoms with Crippen LogP contribution in [0.3, 0.4) is 0 Å². The van der Waals surface area contributed by atoms with Gasteiger partial charge in [0.1, 0.15) is 0 Å². The quantitative estimate of drug-likeness (QED) is 0.735. The van der Waals surface area contributed by atoms with E-state index in [1.54, 1.807) is 0 Å². The van der Waals surface area contributed by atoms with Gasteiger partial charge in [-0.05, 0) is 6.92 Å². The summed E-state index contributed by atoms with van der Waals surface area (Å²) in [4.78, 5) is 0. The zero-order valence-corrected chi connectivity index (χ0v) is 11.6. The van der Waals surface area contributed by atoms with Crippen molar-refractivity contribution in [3.8, 4) is 0 Å². The molecule has 1 aliphatic rings. The Hall–Kier alpha value is -0.210. The van der Waals surface area contributed by atoms with E-state index in [-0.39, 0.29) is 12.2 Å². The number of ether oxygens (including phenoxy) is 1. The first kappa shape index (κ1) is 14.8. The molecular formula is C10H23N3O3S. The molecule has 0 aromatic heterocycles. The van der Waals surface area contributed by atoms with Crippen LogP contribution >= 0.6 is 0 Å². The molecule has 1 fully saturated rings. The Morgan fingerprint density at radius 1 is 1.35 bits per heavy atom. The van der Waals surface area contributed by atoms with E-state index in [1.807, 2.05) is 20.8 Å². The normalized spacial score (nSPS) is 27.6. The summed E-state index contributed by atoms with van der Waals surface area (Å²) in [5.41, 5.74) is 5.55. The highest BCUT2D eigenvalue weighted by atomic mass is 32.2. The van der Waals surface area contributed by atoms with Crippen molar-refractivity contribution < 1.29 is 13.2 Å². The first-order chi connectivity index (χ1) is 7.95. The van der Waals surface area contributed by atoms with Crippen molar-refractivity contribution in [3.63, 3.8) is 0 Å². The minimum absolute atomic E-state index is 0.109. The summed E-state index contributed by atoms with van der Waals surface area (Å²) in [5.74, 6) is 0. The van der Waals surface area contributed by atoms with Crippen molar-refractivity contribution in [2.75, 3.05) is 32.7 Å². The standard InChI is InChI=1S/C10H23N3O3S/c1-4-12(5-2)17(14,15)13-7-9(3)16-10(6-11)8-13/h9-10H,4-8,11H2,1-3H3. The van der Waals surface area contributed by atoms with E-state index in [9.17, 15) is 8.42 Å². The minimum Gasteiger partial charge on any atom is -0.371 e. The molecule has 0 aliphatic carbocycles. The van der Waals surface area contributed by atoms with E-state index in [1.165, 1.54) is 8.61 Å². The zero-order valence-electron chi connectivity index (χ0n) is 10.8. The lowest BCUT2D eigenvalue weighted by molar-refractivity contribution is -0.0499. The summed E-state index contributed by atoms with van der Waals surface area (Å²) in [5, 5.41) is 0. The monoisotopic (exact) mass is 265 g/mol. The molecular weight excluding hydrogens is 242 g/mol. The predicted octanol–water partition coefficient (Wildman–Crippen LogP) is -0.379. The highest BCUT2D eigenvalue weighted by molar-refractivity contribution is 7.86. The van der Waals surface area contributed by atoms with E-state index in [4.69, 9.17) is 10.5 Å². The Bertz CT molecular complexity index is 330. The van der Waals surface area contributed by atoms with Gasteiger partial charge in [-0.3, -0.25) is 0 Å². The second-order valence-corrected chi connectivity index (χ2v) is 6.14. The van der Waals surface area contributed by atoms with Gasteiger partial charge < -0.3 is 10.5 Å². The summed E-state index contributed by atoms with van der Waals surface area (Å²) < 4.78 is 33.1. The van der Waals surface area contributed by atoms with Crippen molar-refractivity contribution in [2.45, 2.75) is 33.0 Å². The van der Waals surface area contributed by atoms with Gasteiger partial charge in [-0.1, -0.05) is 13.8 Å². The van der Waals surface area contributed by atoms with Gasteiger partial charge in [0.25, 0.3) is 10.2 Å². The molecule has 0 spiro atoms. The van der Waals surface area contributed by atoms with Crippen molar-refractivity contribution in [3.05, 3.63) is 0 Å². The summed E-state index contributed by atoms with van der Waals surface area (Å²) >= 11 is 0. The van der Waals surface area contributed by atoms with Crippen molar-refractivity contribution >= 4 is 10.2 Å². The molecule has 2 N–H and O–H groups in total. The highest BCUT2D eigenvalue weighted by Gasteiger charge is 2.34. The summed E-state index contributed by atoms with van der Waals surface area (Å²) in [6.45, 7) is 7.60. The number of nitrogens with two attached hydrogens (primary N) is 1. The molecule has 0 saturated carbocycles. The largest absolute Gasteiger partial charge is 0.371 e. The maximum absolute atomic E-state index is 12.3. The molecule has 6 nitrogen and oxygen atoms in total. The molecule has 0 aromatic carbocycles. The molecule has 1 rings (SSSR count). The molecule has 0 bridgehead atoms. The maximum atomic E-state index is 12.3. The first-order valence-corrected chi connectivity index (χ1v) is 7.46. The van der Waals surface area contributed by atoms with E-state index in [0.29, 0.717) is 32.7 Å². The molecule has 0 amide bonds. The molecule has 1 aliphatic heterocycles. The van der Waals surface area contributed by atoms with Crippen molar-refractivity contribution in [1.82, 2.24) is 8.61 Å². The lowest BCUT2D eigenvalue weighted by Gasteiger charge is -2.37. The van der Waals surface area contributed by atoms with Crippen LogP contribution in [0, 0.1) is 0 Å². The number of hydrogen-bond donors (Lipinski definition) is 1. The fraction of sp³-hybridized carbons (Fsp3) is 1.00. The Labute approximate surface area is 104 Å². The van der Waals surface area contributed by atoms with Crippen LogP contribution in [0.1, 0.15) is 20.8 Å². The van der Waals surface area contributed by atoms with Crippen LogP contribution in [-0.2, 0) is 14.9 Å². The Morgan fingerprint density at radius 2 is 1.94 bits per heavy atom. The van der Waals surface area contributed by atoms with Crippen LogP contribution in [0.2, 0.25) is 0 Å². The third-order valence-electron chi connectivity index (χ3n) is 2.91. The highest BCUT2D eigenvalue weighted by Crippen LogP contribution is 2.16. The van der Waals surface area contributed by atoms with E-state index < -0.39 is 10.2 Å². The molecule has 17 heavy (non-hydrogen) atoms. The van der Waals surface area contributed by atoms with Gasteiger partial charge >= 0.3 is 0 Å². The zero-order chi connectivity index (χ0) is 13.1. The van der Waals surface area contributed by atoms with Crippen molar-refractivity contribution in [2.24, 2.45) is 5.73 Å². The van der Waals surface area contributed by atoms with Gasteiger partial charge in [0.15, 0.2) is 0 Å². The van der Waals surface area contributed by atoms with Gasteiger partial charge in [-0.15, -0.1) is 0 Å². The van der Waals surface area contributed by atoms with Crippen LogP contribution in [0.25, 0.3) is 0 Å². The van der Waals surface area contributed by atoms with Crippen LogP contribution in [0.5, 0.6) is 0 Å². The average Bonchev–Trinajstić information content (AvgIpc) is 2.29. The third kappa shape index (κ3) is 3.38. The average molecular weight is 265 g/mol. The number of nitrogens with zero attached hydrogens (tertiary/aromatic N) is 2. The second kappa shape index (κ2) is 6.10. The summed E-state index contributed by atoms with van der Waals surface area (Å²) in [7, 11) is -3.37. The molecule has 102 valence electrons. The molecule has 0 aromatic rings. The molecule has 7 heteroatoms. The maximum Gasteiger partial charge on any atom is 0.282 e. The summed E-state index contributed by atoms with van der Waals surface area (Å²) in [6.07, 6.45) is -0.313. The Kier molecular flexibility index (Phi) is 5.33. The van der Waals surface area contributed by atoms with Crippen LogP contribution in [0.4, 0.5) is 0 Å². The Balaban J connectivity index is 2.83. The molecule has 1 saturated heterocycles. The van der Waals surface area contributed by atoms with Gasteiger partial charge in [0.05, 0.1) is 12.2 Å². The number of rotatable bonds is 5. The molecule has 1 heterocycles.